The zero-order valence-corrected chi connectivity index (χ0v) is 16.5. The molecule has 1 atom stereocenters. The first-order valence-electron chi connectivity index (χ1n) is 8.92. The van der Waals surface area contributed by atoms with Crippen LogP contribution in [0.3, 0.4) is 0 Å². The number of piperidine rings is 1. The van der Waals surface area contributed by atoms with Crippen molar-refractivity contribution in [1.29, 1.82) is 0 Å². The average molecular weight is 384 g/mol. The molecule has 1 heterocycles. The van der Waals surface area contributed by atoms with Crippen molar-refractivity contribution in [2.75, 3.05) is 38.4 Å². The van der Waals surface area contributed by atoms with Gasteiger partial charge in [-0.1, -0.05) is 13.3 Å². The zero-order chi connectivity index (χ0) is 19.2. The molecule has 0 spiro atoms. The third kappa shape index (κ3) is 5.60. The normalized spacial score (nSPS) is 18.3. The van der Waals surface area contributed by atoms with Crippen molar-refractivity contribution in [3.63, 3.8) is 0 Å². The highest BCUT2D eigenvalue weighted by Gasteiger charge is 2.30. The first-order valence-corrected chi connectivity index (χ1v) is 10.8. The molecule has 146 valence electrons. The maximum Gasteiger partial charge on any atom is 0.228 e. The van der Waals surface area contributed by atoms with Crippen molar-refractivity contribution < 1.29 is 22.7 Å². The minimum absolute atomic E-state index is 0.202. The monoisotopic (exact) mass is 384 g/mol. The Morgan fingerprint density at radius 3 is 2.81 bits per heavy atom. The van der Waals surface area contributed by atoms with E-state index in [1.165, 1.54) is 10.6 Å². The molecule has 8 heteroatoms. The molecule has 0 radical (unpaired) electrons. The third-order valence-corrected chi connectivity index (χ3v) is 5.69. The summed E-state index contributed by atoms with van der Waals surface area (Å²) < 4.78 is 35.9. The molecule has 1 fully saturated rings. The van der Waals surface area contributed by atoms with Gasteiger partial charge in [0.05, 0.1) is 31.6 Å². The van der Waals surface area contributed by atoms with E-state index in [1.54, 1.807) is 25.3 Å². The molecular formula is C18H28N2O5S. The van der Waals surface area contributed by atoms with Gasteiger partial charge in [0.25, 0.3) is 0 Å². The Balaban J connectivity index is 2.11. The van der Waals surface area contributed by atoms with Crippen LogP contribution >= 0.6 is 0 Å². The Morgan fingerprint density at radius 2 is 2.15 bits per heavy atom. The third-order valence-electron chi connectivity index (χ3n) is 4.42. The molecule has 1 amide bonds. The lowest BCUT2D eigenvalue weighted by molar-refractivity contribution is -0.120. The minimum atomic E-state index is -3.29. The summed E-state index contributed by atoms with van der Waals surface area (Å²) in [5, 5.41) is 2.89. The van der Waals surface area contributed by atoms with Crippen molar-refractivity contribution >= 4 is 21.6 Å². The van der Waals surface area contributed by atoms with Gasteiger partial charge in [-0.15, -0.1) is 0 Å². The number of methoxy groups -OCH3 is 1. The van der Waals surface area contributed by atoms with E-state index in [1.807, 2.05) is 0 Å². The number of amides is 1. The van der Waals surface area contributed by atoms with Crippen molar-refractivity contribution in [3.8, 4) is 11.5 Å². The van der Waals surface area contributed by atoms with Crippen LogP contribution in [-0.2, 0) is 14.8 Å². The van der Waals surface area contributed by atoms with E-state index in [9.17, 15) is 13.2 Å². The van der Waals surface area contributed by atoms with Gasteiger partial charge >= 0.3 is 0 Å². The Labute approximate surface area is 155 Å². The fourth-order valence-electron chi connectivity index (χ4n) is 2.88. The molecule has 1 N–H and O–H groups in total. The fraction of sp³-hybridized carbons (Fsp3) is 0.611. The minimum Gasteiger partial charge on any atom is -0.497 e. The quantitative estimate of drug-likeness (QED) is 0.696. The smallest absolute Gasteiger partial charge is 0.228 e. The van der Waals surface area contributed by atoms with E-state index in [2.05, 4.69) is 12.2 Å². The highest BCUT2D eigenvalue weighted by atomic mass is 32.2. The highest BCUT2D eigenvalue weighted by Crippen LogP contribution is 2.30. The molecule has 0 aliphatic carbocycles. The molecule has 26 heavy (non-hydrogen) atoms. The Hall–Kier alpha value is -1.80. The molecular weight excluding hydrogens is 356 g/mol. The molecule has 0 bridgehead atoms. The van der Waals surface area contributed by atoms with E-state index in [-0.39, 0.29) is 18.4 Å². The molecule has 1 aromatic carbocycles. The number of hydrogen-bond donors (Lipinski definition) is 1. The summed E-state index contributed by atoms with van der Waals surface area (Å²) >= 11 is 0. The maximum absolute atomic E-state index is 12.7. The van der Waals surface area contributed by atoms with Crippen molar-refractivity contribution in [3.05, 3.63) is 18.2 Å². The van der Waals surface area contributed by atoms with Gasteiger partial charge in [-0.25, -0.2) is 12.7 Å². The number of rotatable bonds is 8. The van der Waals surface area contributed by atoms with Crippen LogP contribution < -0.4 is 14.8 Å². The first-order chi connectivity index (χ1) is 12.3. The van der Waals surface area contributed by atoms with Crippen LogP contribution in [0.5, 0.6) is 11.5 Å². The van der Waals surface area contributed by atoms with Crippen LogP contribution in [0.25, 0.3) is 0 Å². The number of nitrogens with zero attached hydrogens (tertiary/aromatic N) is 1. The number of sulfonamides is 1. The molecule has 1 unspecified atom stereocenters. The standard InChI is InChI=1S/C18H28N2O5S/c1-4-5-11-25-17-9-8-15(24-2)12-16(17)19-18(21)14-7-6-10-20(13-14)26(3,22)23/h8-9,12,14H,4-7,10-11,13H2,1-3H3,(H,19,21). The molecule has 0 saturated carbocycles. The molecule has 1 aliphatic rings. The summed E-state index contributed by atoms with van der Waals surface area (Å²) in [5.41, 5.74) is 0.543. The maximum atomic E-state index is 12.7. The van der Waals surface area contributed by atoms with Gasteiger partial charge in [-0.05, 0) is 31.4 Å². The largest absolute Gasteiger partial charge is 0.497 e. The topological polar surface area (TPSA) is 84.9 Å². The van der Waals surface area contributed by atoms with Crippen molar-refractivity contribution in [2.24, 2.45) is 5.92 Å². The summed E-state index contributed by atoms with van der Waals surface area (Å²) in [7, 11) is -1.73. The van der Waals surface area contributed by atoms with Gasteiger partial charge < -0.3 is 14.8 Å². The lowest BCUT2D eigenvalue weighted by Crippen LogP contribution is -2.43. The first kappa shape index (κ1) is 20.5. The van der Waals surface area contributed by atoms with Crippen LogP contribution in [0, 0.1) is 5.92 Å². The molecule has 0 aromatic heterocycles. The molecule has 1 saturated heterocycles. The van der Waals surface area contributed by atoms with E-state index < -0.39 is 10.0 Å². The summed E-state index contributed by atoms with van der Waals surface area (Å²) in [6, 6.07) is 5.27. The molecule has 1 aromatic rings. The van der Waals surface area contributed by atoms with Gasteiger partial charge in [-0.3, -0.25) is 4.79 Å². The Morgan fingerprint density at radius 1 is 1.38 bits per heavy atom. The summed E-state index contributed by atoms with van der Waals surface area (Å²) in [5.74, 6) is 0.619. The fourth-order valence-corrected chi connectivity index (χ4v) is 3.79. The van der Waals surface area contributed by atoms with Gasteiger partial charge in [0.15, 0.2) is 0 Å². The summed E-state index contributed by atoms with van der Waals surface area (Å²) in [6.45, 7) is 3.32. The number of ether oxygens (including phenoxy) is 2. The van der Waals surface area contributed by atoms with Gasteiger partial charge in [0.1, 0.15) is 11.5 Å². The lowest BCUT2D eigenvalue weighted by atomic mass is 9.98. The van der Waals surface area contributed by atoms with Crippen molar-refractivity contribution in [1.82, 2.24) is 4.31 Å². The number of unbranched alkanes of at least 4 members (excludes halogenated alkanes) is 1. The lowest BCUT2D eigenvalue weighted by Gasteiger charge is -2.30. The zero-order valence-electron chi connectivity index (χ0n) is 15.7. The Kier molecular flexibility index (Phi) is 7.28. The average Bonchev–Trinajstić information content (AvgIpc) is 2.62. The van der Waals surface area contributed by atoms with Gasteiger partial charge in [0.2, 0.25) is 15.9 Å². The van der Waals surface area contributed by atoms with E-state index in [0.29, 0.717) is 43.2 Å². The Bertz CT molecular complexity index is 720. The predicted octanol–water partition coefficient (Wildman–Crippen LogP) is 2.48. The molecule has 7 nitrogen and oxygen atoms in total. The number of nitrogens with one attached hydrogen (secondary N) is 1. The SMILES string of the molecule is CCCCOc1ccc(OC)cc1NC(=O)C1CCCN(S(C)(=O)=O)C1. The molecule has 2 rings (SSSR count). The van der Waals surface area contributed by atoms with E-state index >= 15 is 0 Å². The molecule has 1 aliphatic heterocycles. The number of hydrogen-bond acceptors (Lipinski definition) is 5. The summed E-state index contributed by atoms with van der Waals surface area (Å²) in [4.78, 5) is 12.7. The second-order valence-corrected chi connectivity index (χ2v) is 8.50. The van der Waals surface area contributed by atoms with Crippen molar-refractivity contribution in [2.45, 2.75) is 32.6 Å². The van der Waals surface area contributed by atoms with E-state index in [4.69, 9.17) is 9.47 Å². The number of benzene rings is 1. The van der Waals surface area contributed by atoms with Crippen LogP contribution in [-0.4, -0.2) is 51.7 Å². The second-order valence-electron chi connectivity index (χ2n) is 6.51. The summed E-state index contributed by atoms with van der Waals surface area (Å²) in [6.07, 6.45) is 4.44. The number of anilines is 1. The van der Waals surface area contributed by atoms with Gasteiger partial charge in [0, 0.05) is 19.2 Å². The van der Waals surface area contributed by atoms with E-state index in [0.717, 1.165) is 12.8 Å². The second kappa shape index (κ2) is 9.23. The van der Waals surface area contributed by atoms with Crippen LogP contribution in [0.4, 0.5) is 5.69 Å². The van der Waals surface area contributed by atoms with Crippen LogP contribution in [0.1, 0.15) is 32.6 Å². The number of carbonyl (C=O) groups excluding carboxylic acids is 1. The van der Waals surface area contributed by atoms with Crippen LogP contribution in [0.15, 0.2) is 18.2 Å². The number of carbonyl (C=O) groups is 1. The van der Waals surface area contributed by atoms with Gasteiger partial charge in [-0.2, -0.15) is 0 Å². The predicted molar refractivity (Wildman–Crippen MR) is 101 cm³/mol. The highest BCUT2D eigenvalue weighted by molar-refractivity contribution is 7.88. The van der Waals surface area contributed by atoms with Crippen LogP contribution in [0.2, 0.25) is 0 Å².